The molecule has 1 atom stereocenters. The highest BCUT2D eigenvalue weighted by Gasteiger charge is 2.24. The van der Waals surface area contributed by atoms with E-state index >= 15 is 0 Å². The average Bonchev–Trinajstić information content (AvgIpc) is 2.64. The summed E-state index contributed by atoms with van der Waals surface area (Å²) < 4.78 is 11.6. The molecule has 1 aliphatic heterocycles. The number of rotatable bonds is 10. The lowest BCUT2D eigenvalue weighted by molar-refractivity contribution is -0.385. The predicted octanol–water partition coefficient (Wildman–Crippen LogP) is 2.83. The van der Waals surface area contributed by atoms with Gasteiger partial charge in [-0.05, 0) is 25.3 Å². The van der Waals surface area contributed by atoms with E-state index in [1.807, 2.05) is 0 Å². The van der Waals surface area contributed by atoms with Crippen LogP contribution in [-0.2, 0) is 4.74 Å². The zero-order valence-electron chi connectivity index (χ0n) is 14.4. The van der Waals surface area contributed by atoms with Crippen LogP contribution in [0.15, 0.2) is 18.7 Å². The van der Waals surface area contributed by atoms with Gasteiger partial charge in [0, 0.05) is 25.3 Å². The van der Waals surface area contributed by atoms with Crippen LogP contribution in [0.3, 0.4) is 0 Å². The number of unbranched alkanes of at least 4 members (excludes halogenated alkanes) is 3. The minimum Gasteiger partial charge on any atom is -0.493 e. The van der Waals surface area contributed by atoms with Crippen molar-refractivity contribution in [1.82, 2.24) is 5.32 Å². The van der Waals surface area contributed by atoms with Crippen molar-refractivity contribution in [3.05, 3.63) is 40.0 Å². The van der Waals surface area contributed by atoms with E-state index in [1.54, 1.807) is 6.07 Å². The number of hydrogen-bond acceptors (Lipinski definition) is 6. The molecular weight excluding hydrogens is 324 g/mol. The molecule has 0 radical (unpaired) electrons. The monoisotopic (exact) mass is 350 g/mol. The van der Waals surface area contributed by atoms with Crippen molar-refractivity contribution in [2.45, 2.75) is 31.8 Å². The Bertz CT molecular complexity index is 585. The van der Waals surface area contributed by atoms with Gasteiger partial charge in [-0.2, -0.15) is 0 Å². The Balaban J connectivity index is 2.16. The van der Waals surface area contributed by atoms with Gasteiger partial charge in [0.2, 0.25) is 0 Å². The fourth-order valence-electron chi connectivity index (χ4n) is 2.82. The van der Waals surface area contributed by atoms with Gasteiger partial charge in [0.25, 0.3) is 5.69 Å². The maximum absolute atomic E-state index is 11.3. The first-order valence-corrected chi connectivity index (χ1v) is 8.68. The molecule has 0 spiro atoms. The predicted molar refractivity (Wildman–Crippen MR) is 95.8 cm³/mol. The lowest BCUT2D eigenvalue weighted by Crippen LogP contribution is -2.33. The fourth-order valence-corrected chi connectivity index (χ4v) is 2.82. The van der Waals surface area contributed by atoms with Gasteiger partial charge in [0.1, 0.15) is 5.75 Å². The summed E-state index contributed by atoms with van der Waals surface area (Å²) in [6.07, 6.45) is 4.79. The van der Waals surface area contributed by atoms with Crippen LogP contribution in [0.1, 0.15) is 42.9 Å². The van der Waals surface area contributed by atoms with Gasteiger partial charge in [-0.3, -0.25) is 10.1 Å². The van der Waals surface area contributed by atoms with E-state index in [0.29, 0.717) is 31.1 Å². The second-order valence-corrected chi connectivity index (χ2v) is 5.96. The average molecular weight is 350 g/mol. The number of aliphatic hydroxyl groups is 1. The van der Waals surface area contributed by atoms with E-state index in [0.717, 1.165) is 37.8 Å². The Morgan fingerprint density at radius 3 is 2.84 bits per heavy atom. The molecule has 1 fully saturated rings. The summed E-state index contributed by atoms with van der Waals surface area (Å²) in [5.41, 5.74) is 1.25. The molecule has 138 valence electrons. The zero-order chi connectivity index (χ0) is 18.1. The Hall–Kier alpha value is -1.96. The molecule has 7 nitrogen and oxygen atoms in total. The number of nitro groups is 1. The Morgan fingerprint density at radius 1 is 1.40 bits per heavy atom. The molecule has 7 heteroatoms. The molecule has 1 unspecified atom stereocenters. The van der Waals surface area contributed by atoms with E-state index in [4.69, 9.17) is 14.6 Å². The molecule has 1 aromatic carbocycles. The molecule has 0 bridgehead atoms. The topological polar surface area (TPSA) is 93.9 Å². The van der Waals surface area contributed by atoms with Crippen molar-refractivity contribution in [3.8, 4) is 5.75 Å². The van der Waals surface area contributed by atoms with Crippen molar-refractivity contribution >= 4 is 11.8 Å². The molecule has 2 rings (SSSR count). The van der Waals surface area contributed by atoms with Crippen molar-refractivity contribution in [2.24, 2.45) is 0 Å². The van der Waals surface area contributed by atoms with Gasteiger partial charge in [0.15, 0.2) is 0 Å². The molecule has 0 aliphatic carbocycles. The molecule has 25 heavy (non-hydrogen) atoms. The number of benzene rings is 1. The van der Waals surface area contributed by atoms with Crippen LogP contribution in [0.5, 0.6) is 5.75 Å². The molecule has 0 aromatic heterocycles. The van der Waals surface area contributed by atoms with Crippen LogP contribution >= 0.6 is 0 Å². The highest BCUT2D eigenvalue weighted by molar-refractivity contribution is 5.64. The summed E-state index contributed by atoms with van der Waals surface area (Å²) in [5, 5.41) is 23.4. The van der Waals surface area contributed by atoms with E-state index in [9.17, 15) is 10.1 Å². The summed E-state index contributed by atoms with van der Waals surface area (Å²) >= 11 is 0. The van der Waals surface area contributed by atoms with Crippen molar-refractivity contribution < 1.29 is 19.5 Å². The van der Waals surface area contributed by atoms with E-state index in [-0.39, 0.29) is 18.4 Å². The Morgan fingerprint density at radius 2 is 2.20 bits per heavy atom. The van der Waals surface area contributed by atoms with Crippen LogP contribution in [0.4, 0.5) is 5.69 Å². The third-order valence-corrected chi connectivity index (χ3v) is 4.16. The van der Waals surface area contributed by atoms with Gasteiger partial charge in [-0.1, -0.05) is 19.1 Å². The molecule has 1 aromatic rings. The van der Waals surface area contributed by atoms with Crippen LogP contribution in [0, 0.1) is 10.1 Å². The first kappa shape index (κ1) is 19.4. The summed E-state index contributed by atoms with van der Waals surface area (Å²) in [4.78, 5) is 10.9. The van der Waals surface area contributed by atoms with E-state index in [2.05, 4.69) is 11.9 Å². The minimum absolute atomic E-state index is 0.0159. The Labute approximate surface area is 147 Å². The second kappa shape index (κ2) is 10.1. The first-order chi connectivity index (χ1) is 12.2. The van der Waals surface area contributed by atoms with Gasteiger partial charge in [0.05, 0.1) is 35.9 Å². The molecule has 1 saturated heterocycles. The van der Waals surface area contributed by atoms with Crippen LogP contribution in [0.25, 0.3) is 6.08 Å². The maximum atomic E-state index is 11.3. The lowest BCUT2D eigenvalue weighted by atomic mass is 10.0. The van der Waals surface area contributed by atoms with Crippen LogP contribution in [0.2, 0.25) is 0 Å². The van der Waals surface area contributed by atoms with Crippen molar-refractivity contribution in [3.63, 3.8) is 0 Å². The first-order valence-electron chi connectivity index (χ1n) is 8.68. The number of nitrogens with one attached hydrogen (secondary N) is 1. The van der Waals surface area contributed by atoms with E-state index < -0.39 is 4.92 Å². The quantitative estimate of drug-likeness (QED) is 0.383. The lowest BCUT2D eigenvalue weighted by Gasteiger charge is -2.26. The summed E-state index contributed by atoms with van der Waals surface area (Å²) in [6.45, 7) is 6.37. The third kappa shape index (κ3) is 5.52. The number of aliphatic hydroxyl groups excluding tert-OH is 1. The SMILES string of the molecule is C=Cc1cc(C2CNCCO2)c(OCCCCCCO)cc1[N+](=O)[O-]. The number of ether oxygens (including phenoxy) is 2. The van der Waals surface area contributed by atoms with Gasteiger partial charge in [-0.15, -0.1) is 0 Å². The molecule has 1 heterocycles. The number of nitro benzene ring substituents is 1. The number of hydrogen-bond donors (Lipinski definition) is 2. The van der Waals surface area contributed by atoms with Gasteiger partial charge >= 0.3 is 0 Å². The Kier molecular flexibility index (Phi) is 7.84. The van der Waals surface area contributed by atoms with Crippen LogP contribution in [-0.4, -0.2) is 42.9 Å². The van der Waals surface area contributed by atoms with Crippen molar-refractivity contribution in [1.29, 1.82) is 0 Å². The standard InChI is InChI=1S/C18H26N2O5/c1-2-14-11-15(18-13-19-7-10-25-18)17(12-16(14)20(22)23)24-9-6-4-3-5-8-21/h2,11-12,18-19,21H,1,3-10,13H2. The summed E-state index contributed by atoms with van der Waals surface area (Å²) in [5.74, 6) is 0.494. The number of morpholine rings is 1. The maximum Gasteiger partial charge on any atom is 0.280 e. The minimum atomic E-state index is -0.422. The third-order valence-electron chi connectivity index (χ3n) is 4.16. The molecule has 1 aliphatic rings. The highest BCUT2D eigenvalue weighted by atomic mass is 16.6. The van der Waals surface area contributed by atoms with E-state index in [1.165, 1.54) is 12.1 Å². The fraction of sp³-hybridized carbons (Fsp3) is 0.556. The summed E-state index contributed by atoms with van der Waals surface area (Å²) in [7, 11) is 0. The molecule has 0 amide bonds. The normalized spacial score (nSPS) is 17.2. The largest absolute Gasteiger partial charge is 0.493 e. The second-order valence-electron chi connectivity index (χ2n) is 5.96. The summed E-state index contributed by atoms with van der Waals surface area (Å²) in [6, 6.07) is 3.21. The molecule has 0 saturated carbocycles. The van der Waals surface area contributed by atoms with Crippen molar-refractivity contribution in [2.75, 3.05) is 32.9 Å². The highest BCUT2D eigenvalue weighted by Crippen LogP contribution is 2.35. The smallest absolute Gasteiger partial charge is 0.280 e. The van der Waals surface area contributed by atoms with Crippen LogP contribution < -0.4 is 10.1 Å². The van der Waals surface area contributed by atoms with Gasteiger partial charge in [-0.25, -0.2) is 0 Å². The van der Waals surface area contributed by atoms with Gasteiger partial charge < -0.3 is 19.9 Å². The zero-order valence-corrected chi connectivity index (χ0v) is 14.4. The molecular formula is C18H26N2O5. The molecule has 2 N–H and O–H groups in total. The number of nitrogens with zero attached hydrogens (tertiary/aromatic N) is 1.